The van der Waals surface area contributed by atoms with Crippen LogP contribution in [0.4, 0.5) is 0 Å². The summed E-state index contributed by atoms with van der Waals surface area (Å²) in [5.74, 6) is -0.675. The third-order valence-corrected chi connectivity index (χ3v) is 1.18. The van der Waals surface area contributed by atoms with Gasteiger partial charge in [0.2, 0.25) is 0 Å². The van der Waals surface area contributed by atoms with Gasteiger partial charge in [-0.1, -0.05) is 0 Å². The number of ether oxygens (including phenoxy) is 2. The molecular weight excluding hydrogens is 136 g/mol. The van der Waals surface area contributed by atoms with E-state index in [1.165, 1.54) is 13.8 Å². The normalized spacial score (nSPS) is 25.8. The number of hydrogen-bond acceptors (Lipinski definition) is 4. The van der Waals surface area contributed by atoms with Crippen LogP contribution in [0.2, 0.25) is 0 Å². The fourth-order valence-electron chi connectivity index (χ4n) is 0.576. The molecule has 56 valence electrons. The third kappa shape index (κ3) is 1.05. The van der Waals surface area contributed by atoms with Gasteiger partial charge in [-0.25, -0.2) is 4.79 Å². The van der Waals surface area contributed by atoms with Crippen molar-refractivity contribution in [1.82, 2.24) is 0 Å². The fourth-order valence-corrected chi connectivity index (χ4v) is 0.576. The summed E-state index contributed by atoms with van der Waals surface area (Å²) in [6.45, 7) is 2.96. The number of carbonyl (C=O) groups excluding carboxylic acids is 1. The molecule has 0 aromatic carbocycles. The van der Waals surface area contributed by atoms with Gasteiger partial charge in [-0.15, -0.1) is 0 Å². The van der Waals surface area contributed by atoms with Crippen molar-refractivity contribution >= 4 is 5.97 Å². The summed E-state index contributed by atoms with van der Waals surface area (Å²) in [5.41, 5.74) is 0. The van der Waals surface area contributed by atoms with Crippen molar-refractivity contribution in [3.8, 4) is 0 Å². The quantitative estimate of drug-likeness (QED) is 0.508. The molecule has 1 atom stereocenters. The molecule has 0 aromatic rings. The Morgan fingerprint density at radius 3 is 2.70 bits per heavy atom. The second-order valence-electron chi connectivity index (χ2n) is 2.04. The van der Waals surface area contributed by atoms with Gasteiger partial charge >= 0.3 is 11.9 Å². The SMILES string of the molecule is CC1=C(O)OC(C)C(=O)O1. The number of rotatable bonds is 0. The van der Waals surface area contributed by atoms with Crippen molar-refractivity contribution in [3.63, 3.8) is 0 Å². The van der Waals surface area contributed by atoms with Crippen LogP contribution in [0.3, 0.4) is 0 Å². The standard InChI is InChI=1S/C6H8O4/c1-3-5(7)10-4(2)6(8)9-3/h3,8H,1-2H3. The van der Waals surface area contributed by atoms with Crippen molar-refractivity contribution in [2.24, 2.45) is 0 Å². The van der Waals surface area contributed by atoms with Crippen LogP contribution in [0.5, 0.6) is 0 Å². The maximum absolute atomic E-state index is 10.7. The van der Waals surface area contributed by atoms with Crippen LogP contribution in [-0.4, -0.2) is 17.2 Å². The minimum atomic E-state index is -0.705. The van der Waals surface area contributed by atoms with E-state index in [0.29, 0.717) is 0 Å². The molecule has 0 aromatic heterocycles. The highest BCUT2D eigenvalue weighted by molar-refractivity contribution is 5.76. The van der Waals surface area contributed by atoms with Crippen molar-refractivity contribution < 1.29 is 19.4 Å². The van der Waals surface area contributed by atoms with Crippen molar-refractivity contribution in [3.05, 3.63) is 11.7 Å². The molecule has 1 aliphatic rings. The molecule has 0 radical (unpaired) electrons. The zero-order valence-electron chi connectivity index (χ0n) is 5.75. The van der Waals surface area contributed by atoms with Gasteiger partial charge in [0, 0.05) is 6.92 Å². The number of aliphatic hydroxyl groups excluding tert-OH is 1. The van der Waals surface area contributed by atoms with E-state index in [1.807, 2.05) is 0 Å². The first-order valence-electron chi connectivity index (χ1n) is 2.89. The molecule has 1 rings (SSSR count). The zero-order chi connectivity index (χ0) is 7.72. The number of aliphatic hydroxyl groups is 1. The molecule has 1 unspecified atom stereocenters. The first-order valence-corrected chi connectivity index (χ1v) is 2.89. The number of carbonyl (C=O) groups is 1. The van der Waals surface area contributed by atoms with E-state index in [1.54, 1.807) is 0 Å². The third-order valence-electron chi connectivity index (χ3n) is 1.18. The van der Waals surface area contributed by atoms with Gasteiger partial charge < -0.3 is 14.6 Å². The van der Waals surface area contributed by atoms with Gasteiger partial charge in [0.1, 0.15) is 0 Å². The Bertz CT molecular complexity index is 194. The summed E-state index contributed by atoms with van der Waals surface area (Å²) in [4.78, 5) is 10.7. The second kappa shape index (κ2) is 2.21. The van der Waals surface area contributed by atoms with E-state index in [9.17, 15) is 4.79 Å². The lowest BCUT2D eigenvalue weighted by Crippen LogP contribution is -2.27. The fraction of sp³-hybridized carbons (Fsp3) is 0.500. The molecule has 4 nitrogen and oxygen atoms in total. The van der Waals surface area contributed by atoms with Crippen molar-refractivity contribution in [1.29, 1.82) is 0 Å². The number of cyclic esters (lactones) is 1. The van der Waals surface area contributed by atoms with Gasteiger partial charge in [-0.3, -0.25) is 0 Å². The van der Waals surface area contributed by atoms with E-state index < -0.39 is 12.1 Å². The molecule has 0 spiro atoms. The van der Waals surface area contributed by atoms with Crippen LogP contribution < -0.4 is 0 Å². The maximum atomic E-state index is 10.7. The Morgan fingerprint density at radius 1 is 1.60 bits per heavy atom. The Hall–Kier alpha value is -1.19. The number of esters is 1. The van der Waals surface area contributed by atoms with E-state index in [4.69, 9.17) is 5.11 Å². The minimum absolute atomic E-state index is 0.114. The van der Waals surface area contributed by atoms with Crippen molar-refractivity contribution in [2.45, 2.75) is 20.0 Å². The molecule has 1 aliphatic heterocycles. The van der Waals surface area contributed by atoms with E-state index in [0.717, 1.165) is 0 Å². The first kappa shape index (κ1) is 6.92. The molecule has 10 heavy (non-hydrogen) atoms. The number of hydrogen-bond donors (Lipinski definition) is 1. The molecular formula is C6H8O4. The molecule has 0 amide bonds. The molecule has 0 bridgehead atoms. The smallest absolute Gasteiger partial charge is 0.352 e. The monoisotopic (exact) mass is 144 g/mol. The molecule has 1 N–H and O–H groups in total. The van der Waals surface area contributed by atoms with Gasteiger partial charge in [0.15, 0.2) is 11.9 Å². The predicted molar refractivity (Wildman–Crippen MR) is 32.0 cm³/mol. The lowest BCUT2D eigenvalue weighted by molar-refractivity contribution is -0.159. The summed E-state index contributed by atoms with van der Waals surface area (Å²) in [7, 11) is 0. The highest BCUT2D eigenvalue weighted by atomic mass is 16.7. The second-order valence-corrected chi connectivity index (χ2v) is 2.04. The van der Waals surface area contributed by atoms with Crippen molar-refractivity contribution in [2.75, 3.05) is 0 Å². The van der Waals surface area contributed by atoms with E-state index >= 15 is 0 Å². The summed E-state index contributed by atoms with van der Waals surface area (Å²) in [6.07, 6.45) is -0.705. The highest BCUT2D eigenvalue weighted by Crippen LogP contribution is 2.15. The van der Waals surface area contributed by atoms with Crippen LogP contribution >= 0.6 is 0 Å². The summed E-state index contributed by atoms with van der Waals surface area (Å²) >= 11 is 0. The van der Waals surface area contributed by atoms with Gasteiger partial charge in [0.05, 0.1) is 0 Å². The topological polar surface area (TPSA) is 55.8 Å². The largest absolute Gasteiger partial charge is 0.479 e. The zero-order valence-corrected chi connectivity index (χ0v) is 5.75. The summed E-state index contributed by atoms with van der Waals surface area (Å²) in [5, 5.41) is 8.85. The Labute approximate surface area is 58.1 Å². The highest BCUT2D eigenvalue weighted by Gasteiger charge is 2.25. The average Bonchev–Trinajstić information content (AvgIpc) is 1.84. The van der Waals surface area contributed by atoms with Crippen LogP contribution in [0, 0.1) is 0 Å². The summed E-state index contributed by atoms with van der Waals surface area (Å²) < 4.78 is 9.25. The molecule has 0 aliphatic carbocycles. The molecule has 0 saturated carbocycles. The maximum Gasteiger partial charge on any atom is 0.352 e. The Morgan fingerprint density at radius 2 is 2.20 bits per heavy atom. The van der Waals surface area contributed by atoms with Crippen LogP contribution in [-0.2, 0) is 14.3 Å². The lowest BCUT2D eigenvalue weighted by atomic mass is 10.4. The van der Waals surface area contributed by atoms with Gasteiger partial charge in [0.25, 0.3) is 0 Å². The first-order chi connectivity index (χ1) is 4.61. The summed E-state index contributed by atoms with van der Waals surface area (Å²) in [6, 6.07) is 0. The van der Waals surface area contributed by atoms with Crippen LogP contribution in [0.1, 0.15) is 13.8 Å². The number of allylic oxidation sites excluding steroid dienone is 1. The predicted octanol–water partition coefficient (Wildman–Crippen LogP) is 0.695. The molecule has 4 heteroatoms. The van der Waals surface area contributed by atoms with Gasteiger partial charge in [-0.2, -0.15) is 0 Å². The van der Waals surface area contributed by atoms with Gasteiger partial charge in [-0.05, 0) is 6.92 Å². The van der Waals surface area contributed by atoms with E-state index in [2.05, 4.69) is 9.47 Å². The molecule has 0 fully saturated rings. The Kier molecular flexibility index (Phi) is 1.53. The molecule has 1 heterocycles. The molecule has 0 saturated heterocycles. The Balaban J connectivity index is 2.79. The van der Waals surface area contributed by atoms with E-state index in [-0.39, 0.29) is 11.7 Å². The van der Waals surface area contributed by atoms with Crippen LogP contribution in [0.25, 0.3) is 0 Å². The lowest BCUT2D eigenvalue weighted by Gasteiger charge is -2.18. The van der Waals surface area contributed by atoms with Crippen LogP contribution in [0.15, 0.2) is 11.7 Å². The minimum Gasteiger partial charge on any atom is -0.479 e. The average molecular weight is 144 g/mol.